The van der Waals surface area contributed by atoms with E-state index in [1.54, 1.807) is 17.5 Å². The van der Waals surface area contributed by atoms with Gasteiger partial charge in [0, 0.05) is 0 Å². The smallest absolute Gasteiger partial charge is 0.298 e. The number of anilines is 1. The van der Waals surface area contributed by atoms with Gasteiger partial charge in [-0.3, -0.25) is 15.6 Å². The molecule has 0 radical (unpaired) electrons. The lowest BCUT2D eigenvalue weighted by Crippen LogP contribution is -2.29. The van der Waals surface area contributed by atoms with Gasteiger partial charge in [0.1, 0.15) is 0 Å². The first-order chi connectivity index (χ1) is 8.98. The van der Waals surface area contributed by atoms with E-state index in [-0.39, 0.29) is 5.69 Å². The summed E-state index contributed by atoms with van der Waals surface area (Å²) in [5.74, 6) is -0.480. The Hall–Kier alpha value is -2.02. The summed E-state index contributed by atoms with van der Waals surface area (Å²) in [5, 5.41) is 1.71. The Bertz CT molecular complexity index is 567. The predicted octanol–water partition coefficient (Wildman–Crippen LogP) is 3.52. The van der Waals surface area contributed by atoms with Crippen LogP contribution in [0.25, 0.3) is 0 Å². The van der Waals surface area contributed by atoms with E-state index in [1.165, 1.54) is 29.5 Å². The molecule has 1 heterocycles. The summed E-state index contributed by atoms with van der Waals surface area (Å²) in [7, 11) is 0. The Morgan fingerprint density at radius 2 is 1.84 bits per heavy atom. The molecule has 1 amide bonds. The van der Waals surface area contributed by atoms with Gasteiger partial charge >= 0.3 is 6.18 Å². The molecule has 0 saturated carbocycles. The molecular formula is C12H9F3N2OS. The van der Waals surface area contributed by atoms with Crippen molar-refractivity contribution < 1.29 is 18.0 Å². The van der Waals surface area contributed by atoms with Gasteiger partial charge in [0.05, 0.1) is 16.1 Å². The number of thiophene rings is 1. The Balaban J connectivity index is 2.10. The van der Waals surface area contributed by atoms with Crippen LogP contribution in [0.5, 0.6) is 0 Å². The van der Waals surface area contributed by atoms with Crippen LogP contribution < -0.4 is 10.9 Å². The first-order valence-electron chi connectivity index (χ1n) is 5.24. The number of alkyl halides is 3. The number of carbonyl (C=O) groups excluding carboxylic acids is 1. The molecule has 1 aromatic heterocycles. The van der Waals surface area contributed by atoms with Crippen LogP contribution in [0.15, 0.2) is 41.8 Å². The summed E-state index contributed by atoms with van der Waals surface area (Å²) in [6, 6.07) is 8.20. The molecule has 0 saturated heterocycles. The standard InChI is InChI=1S/C12H9F3N2OS/c13-12(14,15)8-4-1-2-5-9(8)16-17-11(18)10-6-3-7-19-10/h1-7,16H,(H,17,18). The fourth-order valence-corrected chi connectivity index (χ4v) is 2.05. The number of nitrogens with one attached hydrogen (secondary N) is 2. The van der Waals surface area contributed by atoms with Crippen molar-refractivity contribution in [3.8, 4) is 0 Å². The lowest BCUT2D eigenvalue weighted by Gasteiger charge is -2.14. The van der Waals surface area contributed by atoms with Gasteiger partial charge in [-0.05, 0) is 23.6 Å². The highest BCUT2D eigenvalue weighted by molar-refractivity contribution is 7.12. The molecule has 0 bridgehead atoms. The average molecular weight is 286 g/mol. The van der Waals surface area contributed by atoms with E-state index in [9.17, 15) is 18.0 Å². The fourth-order valence-electron chi connectivity index (χ4n) is 1.43. The normalized spacial score (nSPS) is 11.1. The van der Waals surface area contributed by atoms with Crippen molar-refractivity contribution in [1.82, 2.24) is 5.43 Å². The van der Waals surface area contributed by atoms with Gasteiger partial charge in [0.2, 0.25) is 0 Å². The molecule has 100 valence electrons. The Morgan fingerprint density at radius 3 is 2.47 bits per heavy atom. The van der Waals surface area contributed by atoms with E-state index < -0.39 is 17.6 Å². The molecular weight excluding hydrogens is 277 g/mol. The van der Waals surface area contributed by atoms with Crippen molar-refractivity contribution in [3.05, 3.63) is 52.2 Å². The van der Waals surface area contributed by atoms with E-state index in [0.717, 1.165) is 6.07 Å². The summed E-state index contributed by atoms with van der Waals surface area (Å²) >= 11 is 1.20. The number of carbonyl (C=O) groups is 1. The molecule has 0 unspecified atom stereocenters. The Kier molecular flexibility index (Phi) is 3.75. The summed E-state index contributed by atoms with van der Waals surface area (Å²) in [4.78, 5) is 12.0. The minimum atomic E-state index is -4.47. The van der Waals surface area contributed by atoms with Crippen LogP contribution in [-0.4, -0.2) is 5.91 Å². The van der Waals surface area contributed by atoms with Crippen LogP contribution in [0.4, 0.5) is 18.9 Å². The van der Waals surface area contributed by atoms with Crippen LogP contribution in [-0.2, 0) is 6.18 Å². The fraction of sp³-hybridized carbons (Fsp3) is 0.0833. The molecule has 7 heteroatoms. The van der Waals surface area contributed by atoms with Gasteiger partial charge in [-0.2, -0.15) is 13.2 Å². The van der Waals surface area contributed by atoms with Crippen LogP contribution in [0.2, 0.25) is 0 Å². The number of para-hydroxylation sites is 1. The number of halogens is 3. The van der Waals surface area contributed by atoms with Gasteiger partial charge < -0.3 is 0 Å². The van der Waals surface area contributed by atoms with Gasteiger partial charge in [-0.1, -0.05) is 18.2 Å². The summed E-state index contributed by atoms with van der Waals surface area (Å²) in [6.45, 7) is 0. The molecule has 2 aromatic rings. The zero-order chi connectivity index (χ0) is 13.9. The molecule has 1 aromatic carbocycles. The van der Waals surface area contributed by atoms with E-state index >= 15 is 0 Å². The van der Waals surface area contributed by atoms with Crippen molar-refractivity contribution in [1.29, 1.82) is 0 Å². The zero-order valence-electron chi connectivity index (χ0n) is 9.49. The number of benzene rings is 1. The van der Waals surface area contributed by atoms with E-state index in [1.807, 2.05) is 0 Å². The largest absolute Gasteiger partial charge is 0.418 e. The Labute approximate surface area is 111 Å². The van der Waals surface area contributed by atoms with Gasteiger partial charge in [-0.15, -0.1) is 11.3 Å². The van der Waals surface area contributed by atoms with Crippen molar-refractivity contribution in [3.63, 3.8) is 0 Å². The Morgan fingerprint density at radius 1 is 1.11 bits per heavy atom. The molecule has 0 atom stereocenters. The first-order valence-corrected chi connectivity index (χ1v) is 6.12. The number of hydrogen-bond acceptors (Lipinski definition) is 3. The number of hydrazine groups is 1. The topological polar surface area (TPSA) is 41.1 Å². The molecule has 0 fully saturated rings. The molecule has 2 rings (SSSR count). The van der Waals surface area contributed by atoms with Gasteiger partial charge in [0.25, 0.3) is 5.91 Å². The number of hydrogen-bond donors (Lipinski definition) is 2. The van der Waals surface area contributed by atoms with Gasteiger partial charge in [0.15, 0.2) is 0 Å². The monoisotopic (exact) mass is 286 g/mol. The van der Waals surface area contributed by atoms with Crippen molar-refractivity contribution in [2.45, 2.75) is 6.18 Å². The van der Waals surface area contributed by atoms with E-state index in [0.29, 0.717) is 4.88 Å². The van der Waals surface area contributed by atoms with Crippen LogP contribution in [0.1, 0.15) is 15.2 Å². The highest BCUT2D eigenvalue weighted by Gasteiger charge is 2.33. The third kappa shape index (κ3) is 3.25. The lowest BCUT2D eigenvalue weighted by molar-refractivity contribution is -0.137. The summed E-state index contributed by atoms with van der Waals surface area (Å²) in [5.41, 5.74) is 3.50. The van der Waals surface area contributed by atoms with Crippen molar-refractivity contribution in [2.75, 3.05) is 5.43 Å². The first kappa shape index (κ1) is 13.4. The molecule has 0 spiro atoms. The van der Waals surface area contributed by atoms with Crippen molar-refractivity contribution >= 4 is 22.9 Å². The third-order valence-corrected chi connectivity index (χ3v) is 3.16. The minimum Gasteiger partial charge on any atom is -0.298 e. The highest BCUT2D eigenvalue weighted by Crippen LogP contribution is 2.34. The number of rotatable bonds is 3. The quantitative estimate of drug-likeness (QED) is 0.848. The van der Waals surface area contributed by atoms with Gasteiger partial charge in [-0.25, -0.2) is 0 Å². The SMILES string of the molecule is O=C(NNc1ccccc1C(F)(F)F)c1cccs1. The molecule has 0 aliphatic rings. The second kappa shape index (κ2) is 5.31. The zero-order valence-corrected chi connectivity index (χ0v) is 10.3. The predicted molar refractivity (Wildman–Crippen MR) is 66.9 cm³/mol. The number of amides is 1. The molecule has 0 aliphatic heterocycles. The van der Waals surface area contributed by atoms with E-state index in [4.69, 9.17) is 0 Å². The average Bonchev–Trinajstić information content (AvgIpc) is 2.89. The molecule has 2 N–H and O–H groups in total. The van der Waals surface area contributed by atoms with Crippen molar-refractivity contribution in [2.24, 2.45) is 0 Å². The molecule has 3 nitrogen and oxygen atoms in total. The molecule has 19 heavy (non-hydrogen) atoms. The van der Waals surface area contributed by atoms with Crippen LogP contribution in [0, 0.1) is 0 Å². The van der Waals surface area contributed by atoms with Crippen LogP contribution >= 0.6 is 11.3 Å². The summed E-state index contributed by atoms with van der Waals surface area (Å²) < 4.78 is 38.1. The maximum Gasteiger partial charge on any atom is 0.418 e. The second-order valence-corrected chi connectivity index (χ2v) is 4.55. The maximum atomic E-state index is 12.7. The van der Waals surface area contributed by atoms with Crippen LogP contribution in [0.3, 0.4) is 0 Å². The lowest BCUT2D eigenvalue weighted by atomic mass is 10.2. The second-order valence-electron chi connectivity index (χ2n) is 3.60. The molecule has 0 aliphatic carbocycles. The maximum absolute atomic E-state index is 12.7. The third-order valence-electron chi connectivity index (χ3n) is 2.29. The highest BCUT2D eigenvalue weighted by atomic mass is 32.1. The van der Waals surface area contributed by atoms with E-state index in [2.05, 4.69) is 10.9 Å². The minimum absolute atomic E-state index is 0.195. The summed E-state index contributed by atoms with van der Waals surface area (Å²) in [6.07, 6.45) is -4.47.